The number of aryl methyl sites for hydroxylation is 2. The van der Waals surface area contributed by atoms with E-state index in [0.29, 0.717) is 10.7 Å². The van der Waals surface area contributed by atoms with Gasteiger partial charge >= 0.3 is 5.97 Å². The van der Waals surface area contributed by atoms with Gasteiger partial charge in [-0.25, -0.2) is 9.78 Å². The molecule has 1 atom stereocenters. The van der Waals surface area contributed by atoms with Crippen LogP contribution in [0.5, 0.6) is 0 Å². The van der Waals surface area contributed by atoms with Crippen molar-refractivity contribution in [2.45, 2.75) is 26.7 Å². The number of nitrogens with one attached hydrogen (secondary N) is 1. The molecule has 110 valence electrons. The van der Waals surface area contributed by atoms with Gasteiger partial charge in [-0.1, -0.05) is 18.2 Å². The summed E-state index contributed by atoms with van der Waals surface area (Å²) >= 11 is 1.05. The van der Waals surface area contributed by atoms with Crippen molar-refractivity contribution in [2.24, 2.45) is 0 Å². The number of para-hydroxylation sites is 1. The van der Waals surface area contributed by atoms with Crippen molar-refractivity contribution in [3.05, 3.63) is 45.4 Å². The van der Waals surface area contributed by atoms with E-state index in [1.165, 1.54) is 0 Å². The van der Waals surface area contributed by atoms with Gasteiger partial charge in [0.15, 0.2) is 0 Å². The van der Waals surface area contributed by atoms with Gasteiger partial charge in [-0.05, 0) is 32.4 Å². The molecule has 0 spiro atoms. The van der Waals surface area contributed by atoms with Crippen LogP contribution in [0.15, 0.2) is 24.3 Å². The van der Waals surface area contributed by atoms with Crippen LogP contribution in [0.1, 0.15) is 38.8 Å². The summed E-state index contributed by atoms with van der Waals surface area (Å²) < 4.78 is 0. The Morgan fingerprint density at radius 1 is 1.29 bits per heavy atom. The number of rotatable bonds is 4. The third kappa shape index (κ3) is 3.28. The summed E-state index contributed by atoms with van der Waals surface area (Å²) in [6.45, 7) is 5.27. The van der Waals surface area contributed by atoms with Gasteiger partial charge in [0.05, 0.1) is 11.6 Å². The molecule has 5 nitrogen and oxygen atoms in total. The van der Waals surface area contributed by atoms with E-state index in [1.54, 1.807) is 13.8 Å². The molecule has 6 heteroatoms. The lowest BCUT2D eigenvalue weighted by Crippen LogP contribution is -2.19. The highest BCUT2D eigenvalue weighted by Crippen LogP contribution is 2.26. The number of aromatic carboxylic acids is 1. The molecule has 2 aromatic rings. The summed E-state index contributed by atoms with van der Waals surface area (Å²) in [5.74, 6) is -1.71. The van der Waals surface area contributed by atoms with Gasteiger partial charge < -0.3 is 10.4 Å². The molecule has 1 heterocycles. The molecular formula is C15H16N2O3S. The fourth-order valence-corrected chi connectivity index (χ4v) is 2.82. The summed E-state index contributed by atoms with van der Waals surface area (Å²) in [7, 11) is 0. The highest BCUT2D eigenvalue weighted by Gasteiger charge is 2.23. The zero-order valence-corrected chi connectivity index (χ0v) is 12.8. The van der Waals surface area contributed by atoms with Crippen molar-refractivity contribution in [3.8, 4) is 0 Å². The summed E-state index contributed by atoms with van der Waals surface area (Å²) in [5, 5.41) is 12.4. The quantitative estimate of drug-likeness (QED) is 0.909. The Kier molecular flexibility index (Phi) is 4.37. The average molecular weight is 304 g/mol. The average Bonchev–Trinajstić information content (AvgIpc) is 2.82. The van der Waals surface area contributed by atoms with Crippen LogP contribution in [0, 0.1) is 13.8 Å². The van der Waals surface area contributed by atoms with Gasteiger partial charge in [-0.15, -0.1) is 11.3 Å². The number of nitrogens with zero attached hydrogens (tertiary/aromatic N) is 1. The second-order valence-corrected chi connectivity index (χ2v) is 5.83. The van der Waals surface area contributed by atoms with Crippen LogP contribution in [-0.4, -0.2) is 22.0 Å². The number of benzene rings is 1. The van der Waals surface area contributed by atoms with E-state index in [-0.39, 0.29) is 10.8 Å². The van der Waals surface area contributed by atoms with Crippen LogP contribution in [0.25, 0.3) is 0 Å². The Bertz CT molecular complexity index is 694. The predicted molar refractivity (Wildman–Crippen MR) is 82.0 cm³/mol. The minimum atomic E-state index is -1.01. The van der Waals surface area contributed by atoms with Crippen molar-refractivity contribution in [2.75, 3.05) is 5.32 Å². The van der Waals surface area contributed by atoms with E-state index < -0.39 is 11.9 Å². The lowest BCUT2D eigenvalue weighted by atomic mass is 10.1. The minimum Gasteiger partial charge on any atom is -0.477 e. The molecule has 21 heavy (non-hydrogen) atoms. The molecule has 0 unspecified atom stereocenters. The molecule has 0 bridgehead atoms. The van der Waals surface area contributed by atoms with Gasteiger partial charge in [-0.3, -0.25) is 4.79 Å². The molecule has 0 radical (unpaired) electrons. The molecule has 1 aromatic heterocycles. The summed E-state index contributed by atoms with van der Waals surface area (Å²) in [6, 6.07) is 7.49. The first-order chi connectivity index (χ1) is 9.90. The number of amides is 1. The molecule has 1 amide bonds. The first-order valence-electron chi connectivity index (χ1n) is 6.47. The fraction of sp³-hybridized carbons (Fsp3) is 0.267. The predicted octanol–water partition coefficient (Wildman–Crippen LogP) is 3.20. The van der Waals surface area contributed by atoms with Gasteiger partial charge in [-0.2, -0.15) is 0 Å². The van der Waals surface area contributed by atoms with Crippen LogP contribution < -0.4 is 5.32 Å². The molecule has 0 aliphatic rings. The maximum atomic E-state index is 12.3. The van der Waals surface area contributed by atoms with E-state index in [1.807, 2.05) is 31.2 Å². The molecule has 0 aliphatic heterocycles. The fourth-order valence-electron chi connectivity index (χ4n) is 1.87. The smallest absolute Gasteiger partial charge is 0.347 e. The maximum absolute atomic E-state index is 12.3. The Hall–Kier alpha value is -2.21. The van der Waals surface area contributed by atoms with E-state index in [4.69, 9.17) is 5.11 Å². The van der Waals surface area contributed by atoms with Crippen molar-refractivity contribution in [1.82, 2.24) is 4.98 Å². The highest BCUT2D eigenvalue weighted by atomic mass is 32.1. The Morgan fingerprint density at radius 3 is 2.52 bits per heavy atom. The van der Waals surface area contributed by atoms with E-state index in [9.17, 15) is 9.59 Å². The number of aromatic nitrogens is 1. The normalized spacial score (nSPS) is 12.0. The molecule has 0 aliphatic carbocycles. The number of carboxylic acids is 1. The van der Waals surface area contributed by atoms with Crippen molar-refractivity contribution in [3.63, 3.8) is 0 Å². The third-order valence-electron chi connectivity index (χ3n) is 3.17. The number of carboxylic acid groups (broad SMARTS) is 1. The van der Waals surface area contributed by atoms with E-state index >= 15 is 0 Å². The SMILES string of the molecule is Cc1ccccc1NC(=O)[C@H](C)c1nc(C)c(C(=O)O)s1. The number of hydrogen-bond donors (Lipinski definition) is 2. The molecule has 2 rings (SSSR count). The molecule has 0 saturated heterocycles. The highest BCUT2D eigenvalue weighted by molar-refractivity contribution is 7.13. The lowest BCUT2D eigenvalue weighted by molar-refractivity contribution is -0.117. The van der Waals surface area contributed by atoms with Crippen LogP contribution >= 0.6 is 11.3 Å². The number of thiazole rings is 1. The first kappa shape index (κ1) is 15.2. The lowest BCUT2D eigenvalue weighted by Gasteiger charge is -2.11. The van der Waals surface area contributed by atoms with E-state index in [0.717, 1.165) is 22.6 Å². The molecular weight excluding hydrogens is 288 g/mol. The van der Waals surface area contributed by atoms with Gasteiger partial charge in [0.25, 0.3) is 0 Å². The third-order valence-corrected chi connectivity index (χ3v) is 4.50. The van der Waals surface area contributed by atoms with Crippen molar-refractivity contribution >= 4 is 28.9 Å². The number of carbonyl (C=O) groups is 2. The molecule has 0 fully saturated rings. The van der Waals surface area contributed by atoms with Crippen LogP contribution in [0.2, 0.25) is 0 Å². The standard InChI is InChI=1S/C15H16N2O3S/c1-8-6-4-5-7-11(8)17-13(18)9(2)14-16-10(3)12(21-14)15(19)20/h4-7,9H,1-3H3,(H,17,18)(H,19,20)/t9-/m0/s1. The summed E-state index contributed by atoms with van der Waals surface area (Å²) in [4.78, 5) is 27.7. The second-order valence-electron chi connectivity index (χ2n) is 4.80. The number of carbonyl (C=O) groups excluding carboxylic acids is 1. The monoisotopic (exact) mass is 304 g/mol. The van der Waals surface area contributed by atoms with E-state index in [2.05, 4.69) is 10.3 Å². The Balaban J connectivity index is 2.18. The van der Waals surface area contributed by atoms with Gasteiger partial charge in [0.2, 0.25) is 5.91 Å². The summed E-state index contributed by atoms with van der Waals surface area (Å²) in [6.07, 6.45) is 0. The van der Waals surface area contributed by atoms with Gasteiger partial charge in [0.1, 0.15) is 9.88 Å². The zero-order valence-electron chi connectivity index (χ0n) is 12.0. The van der Waals surface area contributed by atoms with Crippen LogP contribution in [0.4, 0.5) is 5.69 Å². The maximum Gasteiger partial charge on any atom is 0.347 e. The molecule has 0 saturated carbocycles. The topological polar surface area (TPSA) is 79.3 Å². The number of anilines is 1. The Labute approximate surface area is 126 Å². The largest absolute Gasteiger partial charge is 0.477 e. The number of hydrogen-bond acceptors (Lipinski definition) is 4. The van der Waals surface area contributed by atoms with Crippen molar-refractivity contribution in [1.29, 1.82) is 0 Å². The Morgan fingerprint density at radius 2 is 1.95 bits per heavy atom. The summed E-state index contributed by atoms with van der Waals surface area (Å²) in [5.41, 5.74) is 2.17. The minimum absolute atomic E-state index is 0.181. The van der Waals surface area contributed by atoms with Crippen molar-refractivity contribution < 1.29 is 14.7 Å². The van der Waals surface area contributed by atoms with Crippen LogP contribution in [-0.2, 0) is 4.79 Å². The molecule has 1 aromatic carbocycles. The molecule has 2 N–H and O–H groups in total. The van der Waals surface area contributed by atoms with Crippen LogP contribution in [0.3, 0.4) is 0 Å². The first-order valence-corrected chi connectivity index (χ1v) is 7.29. The zero-order chi connectivity index (χ0) is 15.6. The van der Waals surface area contributed by atoms with Gasteiger partial charge in [0, 0.05) is 5.69 Å². The second kappa shape index (κ2) is 6.05.